The number of piperidine rings is 1. The number of aryl methyl sites for hydroxylation is 1. The largest absolute Gasteiger partial charge is 0.437 e. The Balaban J connectivity index is 1.39. The van der Waals surface area contributed by atoms with Crippen LogP contribution in [-0.4, -0.2) is 54.4 Å². The Morgan fingerprint density at radius 1 is 1.21 bits per heavy atom. The first-order valence-electron chi connectivity index (χ1n) is 12.2. The molecule has 0 bridgehead atoms. The average molecular weight is 569 g/mol. The van der Waals surface area contributed by atoms with Gasteiger partial charge in [0.25, 0.3) is 0 Å². The highest BCUT2D eigenvalue weighted by Gasteiger charge is 2.30. The number of thiazole rings is 1. The van der Waals surface area contributed by atoms with Crippen molar-refractivity contribution in [3.8, 4) is 22.2 Å². The van der Waals surface area contributed by atoms with Gasteiger partial charge < -0.3 is 15.4 Å². The van der Waals surface area contributed by atoms with Crippen LogP contribution in [0.3, 0.4) is 0 Å². The van der Waals surface area contributed by atoms with E-state index in [2.05, 4.69) is 25.6 Å². The molecule has 0 unspecified atom stereocenters. The molecule has 2 atom stereocenters. The molecule has 204 valence electrons. The number of benzene rings is 1. The number of nitrogens with zero attached hydrogens (tertiary/aromatic N) is 3. The van der Waals surface area contributed by atoms with Crippen molar-refractivity contribution in [3.05, 3.63) is 40.5 Å². The third-order valence-corrected chi connectivity index (χ3v) is 8.65. The minimum Gasteiger partial charge on any atom is -0.437 e. The van der Waals surface area contributed by atoms with Crippen LogP contribution in [0.15, 0.2) is 18.3 Å². The molecule has 0 radical (unpaired) electrons. The number of hydrogen-bond donors (Lipinski definition) is 3. The predicted molar refractivity (Wildman–Crippen MR) is 139 cm³/mol. The number of hydrogen-bond acceptors (Lipinski definition) is 9. The quantitative estimate of drug-likeness (QED) is 0.344. The SMILES string of the molecule is Cc1nc(Oc2cc(F)c(NS(=O)(=O)CC3CC3)c(F)c2C)c(-c2ccnc(N[C@@H]3CNC[C@@H](F)C3)n2)s1. The number of sulfonamides is 1. The monoisotopic (exact) mass is 568 g/mol. The molecule has 5 rings (SSSR count). The van der Waals surface area contributed by atoms with E-state index in [0.29, 0.717) is 41.0 Å². The maximum Gasteiger partial charge on any atom is 0.240 e. The molecule has 14 heteroatoms. The summed E-state index contributed by atoms with van der Waals surface area (Å²) in [5.41, 5.74) is -0.348. The van der Waals surface area contributed by atoms with Gasteiger partial charge in [0.05, 0.1) is 16.5 Å². The molecule has 2 aliphatic rings. The Morgan fingerprint density at radius 3 is 2.74 bits per heavy atom. The zero-order valence-electron chi connectivity index (χ0n) is 20.7. The molecule has 0 spiro atoms. The summed E-state index contributed by atoms with van der Waals surface area (Å²) >= 11 is 1.27. The number of halogens is 3. The van der Waals surface area contributed by atoms with E-state index in [-0.39, 0.29) is 34.9 Å². The zero-order chi connectivity index (χ0) is 27.0. The Labute approximate surface area is 222 Å². The molecule has 9 nitrogen and oxygen atoms in total. The third kappa shape index (κ3) is 6.18. The minimum absolute atomic E-state index is 0.0195. The number of rotatable bonds is 9. The average Bonchev–Trinajstić information content (AvgIpc) is 3.58. The van der Waals surface area contributed by atoms with E-state index in [0.717, 1.165) is 18.9 Å². The summed E-state index contributed by atoms with van der Waals surface area (Å²) in [7, 11) is -3.89. The van der Waals surface area contributed by atoms with Crippen LogP contribution < -0.4 is 20.1 Å². The Bertz CT molecular complexity index is 1450. The Kier molecular flexibility index (Phi) is 7.47. The van der Waals surface area contributed by atoms with Crippen molar-refractivity contribution in [1.29, 1.82) is 0 Å². The first kappa shape index (κ1) is 26.6. The van der Waals surface area contributed by atoms with Crippen LogP contribution in [-0.2, 0) is 10.0 Å². The molecule has 1 aromatic carbocycles. The second-order valence-corrected chi connectivity index (χ2v) is 12.5. The summed E-state index contributed by atoms with van der Waals surface area (Å²) in [6, 6.07) is 2.40. The molecule has 38 heavy (non-hydrogen) atoms. The van der Waals surface area contributed by atoms with Gasteiger partial charge in [-0.15, -0.1) is 11.3 Å². The van der Waals surface area contributed by atoms with Gasteiger partial charge in [-0.3, -0.25) is 4.72 Å². The third-order valence-electron chi connectivity index (χ3n) is 6.25. The van der Waals surface area contributed by atoms with Gasteiger partial charge in [0.1, 0.15) is 22.5 Å². The van der Waals surface area contributed by atoms with Crippen molar-refractivity contribution in [1.82, 2.24) is 20.3 Å². The lowest BCUT2D eigenvalue weighted by molar-refractivity contribution is 0.254. The number of nitrogens with one attached hydrogen (secondary N) is 3. The predicted octanol–water partition coefficient (Wildman–Crippen LogP) is 4.55. The normalized spacial score (nSPS) is 19.8. The molecule has 1 saturated carbocycles. The number of ether oxygens (including phenoxy) is 1. The molecular formula is C24H27F3N6O3S2. The number of anilines is 2. The van der Waals surface area contributed by atoms with Crippen LogP contribution in [0.5, 0.6) is 11.6 Å². The Hall–Kier alpha value is -2.97. The molecule has 2 fully saturated rings. The Morgan fingerprint density at radius 2 is 2.00 bits per heavy atom. The van der Waals surface area contributed by atoms with Gasteiger partial charge in [0.15, 0.2) is 11.6 Å². The summed E-state index contributed by atoms with van der Waals surface area (Å²) in [6.45, 7) is 4.01. The van der Waals surface area contributed by atoms with Crippen LogP contribution in [0.4, 0.5) is 24.8 Å². The first-order chi connectivity index (χ1) is 18.1. The van der Waals surface area contributed by atoms with E-state index < -0.39 is 33.5 Å². The van der Waals surface area contributed by atoms with E-state index in [9.17, 15) is 17.2 Å². The fourth-order valence-corrected chi connectivity index (χ4v) is 6.52. The lowest BCUT2D eigenvalue weighted by Gasteiger charge is -2.26. The molecule has 1 saturated heterocycles. The number of alkyl halides is 1. The topological polar surface area (TPSA) is 118 Å². The van der Waals surface area contributed by atoms with Crippen LogP contribution in [0, 0.1) is 31.4 Å². The van der Waals surface area contributed by atoms with E-state index in [1.807, 2.05) is 4.72 Å². The highest BCUT2D eigenvalue weighted by molar-refractivity contribution is 7.92. The van der Waals surface area contributed by atoms with Gasteiger partial charge in [-0.05, 0) is 38.7 Å². The number of aromatic nitrogens is 3. The van der Waals surface area contributed by atoms with E-state index in [1.165, 1.54) is 18.3 Å². The zero-order valence-corrected chi connectivity index (χ0v) is 22.4. The van der Waals surface area contributed by atoms with Crippen LogP contribution in [0.25, 0.3) is 10.6 Å². The lowest BCUT2D eigenvalue weighted by atomic mass is 10.1. The summed E-state index contributed by atoms with van der Waals surface area (Å²) in [4.78, 5) is 13.6. The summed E-state index contributed by atoms with van der Waals surface area (Å²) < 4.78 is 76.2. The van der Waals surface area contributed by atoms with Crippen molar-refractivity contribution in [3.63, 3.8) is 0 Å². The highest BCUT2D eigenvalue weighted by atomic mass is 32.2. The summed E-state index contributed by atoms with van der Waals surface area (Å²) in [5, 5.41) is 6.77. The molecule has 3 aromatic rings. The van der Waals surface area contributed by atoms with Gasteiger partial charge in [-0.2, -0.15) is 0 Å². The maximum absolute atomic E-state index is 15.1. The van der Waals surface area contributed by atoms with Crippen LogP contribution in [0.1, 0.15) is 29.8 Å². The molecule has 2 aromatic heterocycles. The van der Waals surface area contributed by atoms with Crippen molar-refractivity contribution in [2.45, 2.75) is 45.3 Å². The standard InChI is InChI=1S/C24H27F3N6O3S2/c1-12-19(8-17(26)21(20(12)27)33-38(34,35)11-14-3-4-14)36-23-22(37-13(2)30-23)18-5-6-29-24(32-18)31-16-7-15(25)9-28-10-16/h5-6,8,14-16,28,33H,3-4,7,9-11H2,1-2H3,(H,29,31,32)/t15-,16-/m0/s1. The van der Waals surface area contributed by atoms with Crippen molar-refractivity contribution >= 4 is 33.0 Å². The second kappa shape index (κ2) is 10.7. The second-order valence-electron chi connectivity index (χ2n) is 9.56. The van der Waals surface area contributed by atoms with E-state index >= 15 is 4.39 Å². The maximum atomic E-state index is 15.1. The molecule has 1 aliphatic carbocycles. The minimum atomic E-state index is -3.89. The molecule has 3 heterocycles. The highest BCUT2D eigenvalue weighted by Crippen LogP contribution is 2.40. The first-order valence-corrected chi connectivity index (χ1v) is 14.6. The van der Waals surface area contributed by atoms with Gasteiger partial charge in [0, 0.05) is 43.4 Å². The van der Waals surface area contributed by atoms with E-state index in [1.54, 1.807) is 19.2 Å². The fourth-order valence-electron chi connectivity index (χ4n) is 4.17. The van der Waals surface area contributed by atoms with Crippen molar-refractivity contribution in [2.24, 2.45) is 5.92 Å². The molecular weight excluding hydrogens is 541 g/mol. The van der Waals surface area contributed by atoms with E-state index in [4.69, 9.17) is 4.74 Å². The van der Waals surface area contributed by atoms with Gasteiger partial charge >= 0.3 is 0 Å². The van der Waals surface area contributed by atoms with Crippen molar-refractivity contribution in [2.75, 3.05) is 28.9 Å². The van der Waals surface area contributed by atoms with Gasteiger partial charge in [0.2, 0.25) is 21.9 Å². The van der Waals surface area contributed by atoms with Crippen LogP contribution in [0.2, 0.25) is 0 Å². The van der Waals surface area contributed by atoms with Gasteiger partial charge in [-0.1, -0.05) is 0 Å². The molecule has 3 N–H and O–H groups in total. The van der Waals surface area contributed by atoms with Gasteiger partial charge in [-0.25, -0.2) is 36.5 Å². The van der Waals surface area contributed by atoms with Crippen LogP contribution >= 0.6 is 11.3 Å². The molecule has 0 amide bonds. The van der Waals surface area contributed by atoms with Crippen molar-refractivity contribution < 1.29 is 26.3 Å². The lowest BCUT2D eigenvalue weighted by Crippen LogP contribution is -2.44. The summed E-state index contributed by atoms with van der Waals surface area (Å²) in [6.07, 6.45) is 2.48. The smallest absolute Gasteiger partial charge is 0.240 e. The molecule has 1 aliphatic heterocycles. The summed E-state index contributed by atoms with van der Waals surface area (Å²) in [5.74, 6) is -2.07. The fraction of sp³-hybridized carbons (Fsp3) is 0.458.